The molecule has 1 aliphatic carbocycles. The van der Waals surface area contributed by atoms with Crippen LogP contribution in [0.2, 0.25) is 0 Å². The zero-order valence-electron chi connectivity index (χ0n) is 19.5. The first-order valence-corrected chi connectivity index (χ1v) is 10.7. The summed E-state index contributed by atoms with van der Waals surface area (Å²) >= 11 is 0. The van der Waals surface area contributed by atoms with Crippen LogP contribution in [0.25, 0.3) is 5.57 Å². The summed E-state index contributed by atoms with van der Waals surface area (Å²) < 4.78 is 0. The number of nitrogen functional groups attached to an aromatic ring is 1. The third-order valence-electron chi connectivity index (χ3n) is 5.09. The lowest BCUT2D eigenvalue weighted by molar-refractivity contribution is 0.931. The highest BCUT2D eigenvalue weighted by atomic mass is 14.6. The first kappa shape index (κ1) is 24.5. The zero-order chi connectivity index (χ0) is 22.0. The molecule has 1 aliphatic rings. The molecule has 0 aliphatic heterocycles. The maximum atomic E-state index is 6.37. The molecule has 0 saturated carbocycles. The minimum Gasteiger partial charge on any atom is -0.398 e. The number of allylic oxidation sites excluding steroid dienone is 11. The van der Waals surface area contributed by atoms with E-state index in [-0.39, 0.29) is 0 Å². The van der Waals surface area contributed by atoms with Crippen molar-refractivity contribution < 1.29 is 0 Å². The Morgan fingerprint density at radius 3 is 2.34 bits per heavy atom. The molecule has 0 radical (unpaired) electrons. The molecule has 0 fully saturated rings. The molecule has 2 rings (SSSR count). The molecule has 1 aromatic carbocycles. The van der Waals surface area contributed by atoms with Gasteiger partial charge in [-0.15, -0.1) is 0 Å². The van der Waals surface area contributed by atoms with Crippen molar-refractivity contribution in [2.45, 2.75) is 67.7 Å². The van der Waals surface area contributed by atoms with Crippen LogP contribution in [0.15, 0.2) is 83.0 Å². The monoisotopic (exact) mass is 389 g/mol. The smallest absolute Gasteiger partial charge is 0.0393 e. The summed E-state index contributed by atoms with van der Waals surface area (Å²) in [5, 5.41) is 0. The van der Waals surface area contributed by atoms with Crippen LogP contribution in [0.4, 0.5) is 5.69 Å². The predicted octanol–water partition coefficient (Wildman–Crippen LogP) is 8.51. The van der Waals surface area contributed by atoms with Gasteiger partial charge in [0, 0.05) is 11.3 Å². The number of nitrogens with two attached hydrogens (primary N) is 1. The van der Waals surface area contributed by atoms with Crippen molar-refractivity contribution in [2.24, 2.45) is 0 Å². The molecule has 1 aromatic rings. The molecule has 0 spiro atoms. The van der Waals surface area contributed by atoms with Crippen LogP contribution in [0.5, 0.6) is 0 Å². The molecule has 0 heterocycles. The Labute approximate surface area is 179 Å². The lowest BCUT2D eigenvalue weighted by atomic mass is 9.87. The number of hydrogen-bond acceptors (Lipinski definition) is 1. The SMILES string of the molecule is C=C(C)/C=C(C/C=C(/C1=CC=C(C)CC1)c1cc(C)ccc1N)\C(C)=C/C.CC. The van der Waals surface area contributed by atoms with Crippen LogP contribution in [0, 0.1) is 6.92 Å². The fraction of sp³-hybridized carbons (Fsp3) is 0.357. The van der Waals surface area contributed by atoms with Gasteiger partial charge in [0.1, 0.15) is 0 Å². The summed E-state index contributed by atoms with van der Waals surface area (Å²) in [6.07, 6.45) is 14.2. The molecule has 29 heavy (non-hydrogen) atoms. The van der Waals surface area contributed by atoms with E-state index in [0.29, 0.717) is 0 Å². The fourth-order valence-corrected chi connectivity index (χ4v) is 3.31. The zero-order valence-corrected chi connectivity index (χ0v) is 19.5. The van der Waals surface area contributed by atoms with Crippen molar-refractivity contribution in [1.29, 1.82) is 0 Å². The number of rotatable bonds is 6. The summed E-state index contributed by atoms with van der Waals surface area (Å²) in [6, 6.07) is 6.30. The minimum atomic E-state index is 0.840. The molecule has 2 N–H and O–H groups in total. The van der Waals surface area contributed by atoms with Gasteiger partial charge in [0.25, 0.3) is 0 Å². The van der Waals surface area contributed by atoms with Gasteiger partial charge in [-0.1, -0.05) is 79.2 Å². The van der Waals surface area contributed by atoms with Crippen molar-refractivity contribution in [3.63, 3.8) is 0 Å². The maximum absolute atomic E-state index is 6.37. The molecule has 1 heteroatoms. The summed E-state index contributed by atoms with van der Waals surface area (Å²) in [5.41, 5.74) is 17.3. The Hall–Kier alpha value is -2.54. The normalized spacial score (nSPS) is 15.2. The highest BCUT2D eigenvalue weighted by Crippen LogP contribution is 2.35. The molecule has 1 nitrogen and oxygen atoms in total. The quantitative estimate of drug-likeness (QED) is 0.383. The fourth-order valence-electron chi connectivity index (χ4n) is 3.31. The Kier molecular flexibility index (Phi) is 10.2. The summed E-state index contributed by atoms with van der Waals surface area (Å²) in [5.74, 6) is 0. The third-order valence-corrected chi connectivity index (χ3v) is 5.09. The van der Waals surface area contributed by atoms with Crippen molar-refractivity contribution in [1.82, 2.24) is 0 Å². The van der Waals surface area contributed by atoms with Gasteiger partial charge in [-0.05, 0) is 82.7 Å². The molecule has 0 unspecified atom stereocenters. The lowest BCUT2D eigenvalue weighted by Gasteiger charge is -2.19. The van der Waals surface area contributed by atoms with Gasteiger partial charge in [-0.2, -0.15) is 0 Å². The average molecular weight is 390 g/mol. The van der Waals surface area contributed by atoms with Crippen LogP contribution >= 0.6 is 0 Å². The van der Waals surface area contributed by atoms with Crippen molar-refractivity contribution in [3.8, 4) is 0 Å². The lowest BCUT2D eigenvalue weighted by Crippen LogP contribution is -2.00. The van der Waals surface area contributed by atoms with E-state index in [1.54, 1.807) is 0 Å². The molecule has 0 aromatic heterocycles. The van der Waals surface area contributed by atoms with E-state index in [4.69, 9.17) is 5.73 Å². The first-order chi connectivity index (χ1) is 13.8. The second-order valence-corrected chi connectivity index (χ2v) is 7.61. The van der Waals surface area contributed by atoms with E-state index in [1.807, 2.05) is 26.8 Å². The third kappa shape index (κ3) is 7.42. The summed E-state index contributed by atoms with van der Waals surface area (Å²) in [4.78, 5) is 0. The van der Waals surface area contributed by atoms with Crippen molar-refractivity contribution in [2.75, 3.05) is 5.73 Å². The van der Waals surface area contributed by atoms with E-state index >= 15 is 0 Å². The van der Waals surface area contributed by atoms with Gasteiger partial charge in [0.2, 0.25) is 0 Å². The average Bonchev–Trinajstić information content (AvgIpc) is 2.71. The van der Waals surface area contributed by atoms with E-state index < -0.39 is 0 Å². The molecule has 0 amide bonds. The van der Waals surface area contributed by atoms with Gasteiger partial charge in [0.15, 0.2) is 0 Å². The van der Waals surface area contributed by atoms with Gasteiger partial charge in [0.05, 0.1) is 0 Å². The van der Waals surface area contributed by atoms with E-state index in [0.717, 1.165) is 36.1 Å². The van der Waals surface area contributed by atoms with Gasteiger partial charge in [-0.25, -0.2) is 0 Å². The molecule has 0 bridgehead atoms. The van der Waals surface area contributed by atoms with E-state index in [1.165, 1.54) is 33.4 Å². The summed E-state index contributed by atoms with van der Waals surface area (Å²) in [6.45, 7) is 18.7. The van der Waals surface area contributed by atoms with E-state index in [2.05, 4.69) is 76.8 Å². The van der Waals surface area contributed by atoms with Crippen LogP contribution in [0.1, 0.15) is 71.9 Å². The molecule has 0 atom stereocenters. The van der Waals surface area contributed by atoms with Gasteiger partial charge < -0.3 is 5.73 Å². The first-order valence-electron chi connectivity index (χ1n) is 10.7. The van der Waals surface area contributed by atoms with Crippen LogP contribution in [0.3, 0.4) is 0 Å². The Morgan fingerprint density at radius 2 is 1.79 bits per heavy atom. The van der Waals surface area contributed by atoms with Gasteiger partial charge >= 0.3 is 0 Å². The van der Waals surface area contributed by atoms with Crippen LogP contribution < -0.4 is 5.73 Å². The van der Waals surface area contributed by atoms with Crippen molar-refractivity contribution in [3.05, 3.63) is 94.2 Å². The Bertz CT molecular complexity index is 870. The van der Waals surface area contributed by atoms with Crippen molar-refractivity contribution >= 4 is 11.3 Å². The highest BCUT2D eigenvalue weighted by Gasteiger charge is 2.14. The van der Waals surface area contributed by atoms with E-state index in [9.17, 15) is 0 Å². The standard InChI is InChI=1S/C26H33N.C2H6/c1-7-21(6)23(16-18(2)3)13-14-24(22-11-8-19(4)9-12-22)25-17-20(5)10-15-26(25)27;1-2/h7-8,10-11,14-17H,2,9,12-13,27H2,1,3-6H3;1-2H3/b21-7-,23-16-,24-14-;. The largest absolute Gasteiger partial charge is 0.398 e. The number of aryl methyl sites for hydroxylation is 1. The Balaban J connectivity index is 0.00000204. The van der Waals surface area contributed by atoms with Crippen LogP contribution in [-0.4, -0.2) is 0 Å². The number of hydrogen-bond donors (Lipinski definition) is 1. The summed E-state index contributed by atoms with van der Waals surface area (Å²) in [7, 11) is 0. The molecule has 0 saturated heterocycles. The predicted molar refractivity (Wildman–Crippen MR) is 133 cm³/mol. The molecular formula is C28H39N. The topological polar surface area (TPSA) is 26.0 Å². The number of anilines is 1. The highest BCUT2D eigenvalue weighted by molar-refractivity contribution is 5.86. The molecular weight excluding hydrogens is 350 g/mol. The molecule has 156 valence electrons. The Morgan fingerprint density at radius 1 is 1.10 bits per heavy atom. The minimum absolute atomic E-state index is 0.840. The maximum Gasteiger partial charge on any atom is 0.0393 e. The second-order valence-electron chi connectivity index (χ2n) is 7.61. The van der Waals surface area contributed by atoms with Gasteiger partial charge in [-0.3, -0.25) is 0 Å². The van der Waals surface area contributed by atoms with Crippen LogP contribution in [-0.2, 0) is 0 Å². The second kappa shape index (κ2) is 12.1. The number of benzene rings is 1.